The molecule has 2 aromatic carbocycles. The van der Waals surface area contributed by atoms with Gasteiger partial charge in [-0.25, -0.2) is 0 Å². The number of rotatable bonds is 3. The third-order valence-electron chi connectivity index (χ3n) is 5.33. The van der Waals surface area contributed by atoms with Gasteiger partial charge in [-0.1, -0.05) is 42.5 Å². The number of benzene rings is 2. The SMILES string of the molecule is O=C(c1ccccc1N1CCCCC1)N1CC(O)(c2ccccc2)C1. The lowest BCUT2D eigenvalue weighted by atomic mass is 9.85. The van der Waals surface area contributed by atoms with Gasteiger partial charge in [0.15, 0.2) is 0 Å². The van der Waals surface area contributed by atoms with Crippen molar-refractivity contribution in [2.45, 2.75) is 24.9 Å². The molecule has 1 amide bonds. The van der Waals surface area contributed by atoms with E-state index in [1.807, 2.05) is 54.6 Å². The van der Waals surface area contributed by atoms with Crippen molar-refractivity contribution in [2.75, 3.05) is 31.1 Å². The number of para-hydroxylation sites is 1. The zero-order valence-corrected chi connectivity index (χ0v) is 14.4. The maximum absolute atomic E-state index is 13.0. The molecule has 0 bridgehead atoms. The first-order valence-electron chi connectivity index (χ1n) is 9.08. The van der Waals surface area contributed by atoms with Crippen molar-refractivity contribution in [3.05, 3.63) is 65.7 Å². The van der Waals surface area contributed by atoms with Gasteiger partial charge in [0.1, 0.15) is 5.60 Å². The molecule has 0 spiro atoms. The van der Waals surface area contributed by atoms with Crippen LogP contribution >= 0.6 is 0 Å². The molecule has 2 aromatic rings. The van der Waals surface area contributed by atoms with Gasteiger partial charge in [-0.15, -0.1) is 0 Å². The lowest BCUT2D eigenvalue weighted by molar-refractivity contribution is -0.0863. The number of nitrogens with zero attached hydrogens (tertiary/aromatic N) is 2. The maximum Gasteiger partial charge on any atom is 0.256 e. The summed E-state index contributed by atoms with van der Waals surface area (Å²) in [5.74, 6) is 0.0155. The third-order valence-corrected chi connectivity index (χ3v) is 5.33. The van der Waals surface area contributed by atoms with Gasteiger partial charge in [-0.05, 0) is 37.0 Å². The fourth-order valence-corrected chi connectivity index (χ4v) is 3.90. The summed E-state index contributed by atoms with van der Waals surface area (Å²) in [5.41, 5.74) is 1.74. The van der Waals surface area contributed by atoms with Crippen LogP contribution in [0.15, 0.2) is 54.6 Å². The van der Waals surface area contributed by atoms with E-state index in [-0.39, 0.29) is 5.91 Å². The van der Waals surface area contributed by atoms with E-state index in [9.17, 15) is 9.90 Å². The molecule has 4 heteroatoms. The minimum absolute atomic E-state index is 0.0155. The van der Waals surface area contributed by atoms with E-state index in [2.05, 4.69) is 4.90 Å². The number of aliphatic hydroxyl groups is 1. The molecule has 2 fully saturated rings. The van der Waals surface area contributed by atoms with Gasteiger partial charge >= 0.3 is 0 Å². The molecule has 0 aromatic heterocycles. The van der Waals surface area contributed by atoms with E-state index >= 15 is 0 Å². The Kier molecular flexibility index (Phi) is 4.22. The van der Waals surface area contributed by atoms with Crippen LogP contribution in [0.2, 0.25) is 0 Å². The van der Waals surface area contributed by atoms with Gasteiger partial charge in [-0.3, -0.25) is 4.79 Å². The molecule has 0 aliphatic carbocycles. The molecule has 2 heterocycles. The Balaban J connectivity index is 1.51. The molecule has 1 N–H and O–H groups in total. The minimum atomic E-state index is -0.920. The predicted octanol–water partition coefficient (Wildman–Crippen LogP) is 3.02. The largest absolute Gasteiger partial charge is 0.381 e. The van der Waals surface area contributed by atoms with Gasteiger partial charge in [0, 0.05) is 18.8 Å². The molecule has 2 aliphatic rings. The standard InChI is InChI=1S/C21H24N2O2/c24-20(23-15-21(25,16-23)17-9-3-1-4-10-17)18-11-5-6-12-19(18)22-13-7-2-8-14-22/h1,3-6,9-12,25H,2,7-8,13-16H2. The Labute approximate surface area is 148 Å². The number of likely N-dealkylation sites (tertiary alicyclic amines) is 1. The van der Waals surface area contributed by atoms with Crippen molar-refractivity contribution in [3.63, 3.8) is 0 Å². The number of β-amino-alcohol motifs (C(OH)–C–C–N with tert-alkyl or cyclic N) is 1. The summed E-state index contributed by atoms with van der Waals surface area (Å²) in [6.45, 7) is 2.73. The fraction of sp³-hybridized carbons (Fsp3) is 0.381. The second-order valence-electron chi connectivity index (χ2n) is 7.12. The monoisotopic (exact) mass is 336 g/mol. The van der Waals surface area contributed by atoms with Gasteiger partial charge in [0.2, 0.25) is 0 Å². The third kappa shape index (κ3) is 3.02. The highest BCUT2D eigenvalue weighted by molar-refractivity contribution is 6.00. The Bertz CT molecular complexity index is 748. The number of amides is 1. The average Bonchev–Trinajstić information content (AvgIpc) is 2.66. The topological polar surface area (TPSA) is 43.8 Å². The van der Waals surface area contributed by atoms with Crippen LogP contribution in [0.3, 0.4) is 0 Å². The summed E-state index contributed by atoms with van der Waals surface area (Å²) in [6.07, 6.45) is 3.63. The van der Waals surface area contributed by atoms with E-state index in [0.29, 0.717) is 13.1 Å². The van der Waals surface area contributed by atoms with Crippen LogP contribution in [0, 0.1) is 0 Å². The maximum atomic E-state index is 13.0. The summed E-state index contributed by atoms with van der Waals surface area (Å²) >= 11 is 0. The van der Waals surface area contributed by atoms with Gasteiger partial charge in [0.05, 0.1) is 18.7 Å². The van der Waals surface area contributed by atoms with Crippen LogP contribution in [0.1, 0.15) is 35.2 Å². The van der Waals surface area contributed by atoms with E-state index in [1.165, 1.54) is 19.3 Å². The lowest BCUT2D eigenvalue weighted by Gasteiger charge is -2.47. The van der Waals surface area contributed by atoms with Crippen molar-refractivity contribution in [1.29, 1.82) is 0 Å². The van der Waals surface area contributed by atoms with Crippen LogP contribution in [-0.4, -0.2) is 42.1 Å². The molecule has 2 saturated heterocycles. The predicted molar refractivity (Wildman–Crippen MR) is 98.7 cm³/mol. The summed E-state index contributed by atoms with van der Waals surface area (Å²) in [4.78, 5) is 17.1. The summed E-state index contributed by atoms with van der Waals surface area (Å²) in [5, 5.41) is 10.8. The van der Waals surface area contributed by atoms with Gasteiger partial charge in [-0.2, -0.15) is 0 Å². The van der Waals surface area contributed by atoms with Crippen LogP contribution in [0.5, 0.6) is 0 Å². The molecule has 0 unspecified atom stereocenters. The molecule has 0 saturated carbocycles. The molecular formula is C21H24N2O2. The smallest absolute Gasteiger partial charge is 0.256 e. The highest BCUT2D eigenvalue weighted by Gasteiger charge is 2.45. The second kappa shape index (κ2) is 6.52. The highest BCUT2D eigenvalue weighted by Crippen LogP contribution is 2.34. The Morgan fingerprint density at radius 3 is 2.24 bits per heavy atom. The van der Waals surface area contributed by atoms with E-state index in [4.69, 9.17) is 0 Å². The number of anilines is 1. The first-order valence-corrected chi connectivity index (χ1v) is 9.08. The Morgan fingerprint density at radius 2 is 1.52 bits per heavy atom. The fourth-order valence-electron chi connectivity index (χ4n) is 3.90. The van der Waals surface area contributed by atoms with Crippen molar-refractivity contribution in [3.8, 4) is 0 Å². The van der Waals surface area contributed by atoms with Crippen molar-refractivity contribution in [1.82, 2.24) is 4.90 Å². The molecule has 25 heavy (non-hydrogen) atoms. The number of carbonyl (C=O) groups excluding carboxylic acids is 1. The Hall–Kier alpha value is -2.33. The van der Waals surface area contributed by atoms with E-state index in [0.717, 1.165) is 29.9 Å². The van der Waals surface area contributed by atoms with Crippen LogP contribution in [-0.2, 0) is 5.60 Å². The number of hydrogen-bond donors (Lipinski definition) is 1. The average molecular weight is 336 g/mol. The molecule has 130 valence electrons. The molecule has 2 aliphatic heterocycles. The van der Waals surface area contributed by atoms with Crippen LogP contribution in [0.25, 0.3) is 0 Å². The number of piperidine rings is 1. The summed E-state index contributed by atoms with van der Waals surface area (Å²) in [7, 11) is 0. The molecule has 4 nitrogen and oxygen atoms in total. The Morgan fingerprint density at radius 1 is 0.880 bits per heavy atom. The number of carbonyl (C=O) groups is 1. The molecular weight excluding hydrogens is 312 g/mol. The van der Waals surface area contributed by atoms with Crippen molar-refractivity contribution in [2.24, 2.45) is 0 Å². The first-order chi connectivity index (χ1) is 12.2. The first kappa shape index (κ1) is 16.2. The second-order valence-corrected chi connectivity index (χ2v) is 7.12. The molecule has 0 radical (unpaired) electrons. The zero-order valence-electron chi connectivity index (χ0n) is 14.4. The van der Waals surface area contributed by atoms with Crippen molar-refractivity contribution >= 4 is 11.6 Å². The van der Waals surface area contributed by atoms with Gasteiger partial charge in [0.25, 0.3) is 5.91 Å². The van der Waals surface area contributed by atoms with Crippen LogP contribution < -0.4 is 4.90 Å². The van der Waals surface area contributed by atoms with Crippen LogP contribution in [0.4, 0.5) is 5.69 Å². The number of hydrogen-bond acceptors (Lipinski definition) is 3. The summed E-state index contributed by atoms with van der Waals surface area (Å²) < 4.78 is 0. The summed E-state index contributed by atoms with van der Waals surface area (Å²) in [6, 6.07) is 17.5. The highest BCUT2D eigenvalue weighted by atomic mass is 16.3. The van der Waals surface area contributed by atoms with E-state index < -0.39 is 5.60 Å². The zero-order chi connectivity index (χ0) is 17.3. The quantitative estimate of drug-likeness (QED) is 0.937. The molecule has 0 atom stereocenters. The normalized spacial score (nSPS) is 19.4. The minimum Gasteiger partial charge on any atom is -0.381 e. The van der Waals surface area contributed by atoms with Crippen molar-refractivity contribution < 1.29 is 9.90 Å². The van der Waals surface area contributed by atoms with E-state index in [1.54, 1.807) is 4.90 Å². The van der Waals surface area contributed by atoms with Gasteiger partial charge < -0.3 is 14.9 Å². The lowest BCUT2D eigenvalue weighted by Crippen LogP contribution is -2.61. The molecule has 4 rings (SSSR count).